The molecule has 0 radical (unpaired) electrons. The van der Waals surface area contributed by atoms with Gasteiger partial charge in [-0.3, -0.25) is 4.79 Å². The van der Waals surface area contributed by atoms with Gasteiger partial charge in [0.15, 0.2) is 0 Å². The molecule has 0 saturated heterocycles. The molecule has 0 bridgehead atoms. The minimum absolute atomic E-state index is 0.155. The van der Waals surface area contributed by atoms with Gasteiger partial charge in [-0.15, -0.1) is 11.3 Å². The van der Waals surface area contributed by atoms with Crippen LogP contribution in [-0.4, -0.2) is 17.4 Å². The zero-order valence-corrected chi connectivity index (χ0v) is 12.9. The molecule has 2 nitrogen and oxygen atoms in total. The number of benzene rings is 1. The van der Waals surface area contributed by atoms with Gasteiger partial charge < -0.3 is 4.90 Å². The van der Waals surface area contributed by atoms with Crippen molar-refractivity contribution in [3.8, 4) is 0 Å². The average Bonchev–Trinajstić information content (AvgIpc) is 2.91. The number of rotatable bonds is 2. The summed E-state index contributed by atoms with van der Waals surface area (Å²) in [5.41, 5.74) is 2.20. The van der Waals surface area contributed by atoms with Gasteiger partial charge in [0.2, 0.25) is 5.91 Å². The zero-order valence-electron chi connectivity index (χ0n) is 11.3. The molecule has 1 atom stereocenters. The van der Waals surface area contributed by atoms with Gasteiger partial charge in [0, 0.05) is 16.4 Å². The lowest BCUT2D eigenvalue weighted by molar-refractivity contribution is -0.133. The summed E-state index contributed by atoms with van der Waals surface area (Å²) in [6.45, 7) is 2.91. The van der Waals surface area contributed by atoms with Crippen LogP contribution in [0.4, 0.5) is 0 Å². The Hall–Kier alpha value is -1.32. The predicted molar refractivity (Wildman–Crippen MR) is 83.3 cm³/mol. The Labute approximate surface area is 128 Å². The molecule has 1 aromatic heterocycles. The molecule has 1 aliphatic rings. The van der Waals surface area contributed by atoms with Gasteiger partial charge in [-0.1, -0.05) is 29.8 Å². The Morgan fingerprint density at radius 3 is 3.00 bits per heavy atom. The maximum absolute atomic E-state index is 12.5. The summed E-state index contributed by atoms with van der Waals surface area (Å²) in [4.78, 5) is 15.9. The Bertz CT molecular complexity index is 637. The average molecular weight is 306 g/mol. The fraction of sp³-hybridized carbons (Fsp3) is 0.312. The van der Waals surface area contributed by atoms with Gasteiger partial charge >= 0.3 is 0 Å². The third-order valence-electron chi connectivity index (χ3n) is 3.90. The van der Waals surface area contributed by atoms with Crippen LogP contribution in [0.15, 0.2) is 35.7 Å². The quantitative estimate of drug-likeness (QED) is 0.818. The monoisotopic (exact) mass is 305 g/mol. The standard InChI is InChI=1S/C16H16ClNOS/c1-11-13-7-9-20-15(13)6-8-18(11)16(19)10-12-4-2-3-5-14(12)17/h2-5,7,9,11H,6,8,10H2,1H3. The Morgan fingerprint density at radius 2 is 2.20 bits per heavy atom. The summed E-state index contributed by atoms with van der Waals surface area (Å²) in [7, 11) is 0. The fourth-order valence-electron chi connectivity index (χ4n) is 2.76. The van der Waals surface area contributed by atoms with Crippen molar-refractivity contribution >= 4 is 28.8 Å². The van der Waals surface area contributed by atoms with Crippen LogP contribution in [0.25, 0.3) is 0 Å². The summed E-state index contributed by atoms with van der Waals surface area (Å²) < 4.78 is 0. The van der Waals surface area contributed by atoms with Crippen molar-refractivity contribution in [2.24, 2.45) is 0 Å². The van der Waals surface area contributed by atoms with E-state index in [0.29, 0.717) is 11.4 Å². The lowest BCUT2D eigenvalue weighted by Gasteiger charge is -2.33. The van der Waals surface area contributed by atoms with E-state index in [9.17, 15) is 4.79 Å². The van der Waals surface area contributed by atoms with E-state index in [1.807, 2.05) is 29.2 Å². The summed E-state index contributed by atoms with van der Waals surface area (Å²) >= 11 is 7.93. The fourth-order valence-corrected chi connectivity index (χ4v) is 3.92. The molecule has 104 valence electrons. The first kappa shape index (κ1) is 13.7. The van der Waals surface area contributed by atoms with Crippen molar-refractivity contribution < 1.29 is 4.79 Å². The molecular weight excluding hydrogens is 290 g/mol. The number of halogens is 1. The van der Waals surface area contributed by atoms with E-state index in [2.05, 4.69) is 18.4 Å². The second-order valence-corrected chi connectivity index (χ2v) is 6.49. The van der Waals surface area contributed by atoms with Crippen molar-refractivity contribution in [3.05, 3.63) is 56.7 Å². The third-order valence-corrected chi connectivity index (χ3v) is 5.26. The molecule has 0 aliphatic carbocycles. The molecule has 0 N–H and O–H groups in total. The maximum atomic E-state index is 12.5. The number of hydrogen-bond acceptors (Lipinski definition) is 2. The van der Waals surface area contributed by atoms with Crippen molar-refractivity contribution in [2.75, 3.05) is 6.54 Å². The summed E-state index contributed by atoms with van der Waals surface area (Å²) in [5.74, 6) is 0.155. The molecule has 20 heavy (non-hydrogen) atoms. The van der Waals surface area contributed by atoms with Gasteiger partial charge in [0.05, 0.1) is 12.5 Å². The molecule has 2 heterocycles. The molecule has 3 rings (SSSR count). The third kappa shape index (κ3) is 2.48. The van der Waals surface area contributed by atoms with Gasteiger partial charge in [-0.25, -0.2) is 0 Å². The molecule has 4 heteroatoms. The minimum Gasteiger partial charge on any atom is -0.335 e. The van der Waals surface area contributed by atoms with Crippen LogP contribution in [-0.2, 0) is 17.6 Å². The Kier molecular flexibility index (Phi) is 3.81. The first-order chi connectivity index (χ1) is 9.66. The second kappa shape index (κ2) is 5.58. The van der Waals surface area contributed by atoms with Gasteiger partial charge in [-0.2, -0.15) is 0 Å². The number of hydrogen-bond donors (Lipinski definition) is 0. The molecule has 1 aliphatic heterocycles. The minimum atomic E-state index is 0.155. The van der Waals surface area contributed by atoms with Crippen LogP contribution in [0.1, 0.15) is 29.0 Å². The number of carbonyl (C=O) groups excluding carboxylic acids is 1. The van der Waals surface area contributed by atoms with Crippen LogP contribution < -0.4 is 0 Å². The van der Waals surface area contributed by atoms with Gasteiger partial charge in [0.25, 0.3) is 0 Å². The van der Waals surface area contributed by atoms with Crippen LogP contribution in [0.2, 0.25) is 5.02 Å². The van der Waals surface area contributed by atoms with E-state index in [0.717, 1.165) is 18.5 Å². The van der Waals surface area contributed by atoms with Crippen molar-refractivity contribution in [1.29, 1.82) is 0 Å². The Balaban J connectivity index is 1.77. The van der Waals surface area contributed by atoms with Gasteiger partial charge in [-0.05, 0) is 42.0 Å². The Morgan fingerprint density at radius 1 is 1.40 bits per heavy atom. The van der Waals surface area contributed by atoms with E-state index in [1.54, 1.807) is 11.3 Å². The summed E-state index contributed by atoms with van der Waals surface area (Å²) in [6, 6.07) is 9.87. The van der Waals surface area contributed by atoms with E-state index in [-0.39, 0.29) is 11.9 Å². The van der Waals surface area contributed by atoms with Crippen LogP contribution in [0.3, 0.4) is 0 Å². The largest absolute Gasteiger partial charge is 0.335 e. The van der Waals surface area contributed by atoms with E-state index in [4.69, 9.17) is 11.6 Å². The van der Waals surface area contributed by atoms with Crippen molar-refractivity contribution in [1.82, 2.24) is 4.90 Å². The molecule has 0 fully saturated rings. The highest BCUT2D eigenvalue weighted by Gasteiger charge is 2.28. The molecular formula is C16H16ClNOS. The SMILES string of the molecule is CC1c2ccsc2CCN1C(=O)Cc1ccccc1Cl. The van der Waals surface area contributed by atoms with Crippen molar-refractivity contribution in [3.63, 3.8) is 0 Å². The smallest absolute Gasteiger partial charge is 0.227 e. The number of fused-ring (bicyclic) bond motifs is 1. The zero-order chi connectivity index (χ0) is 14.1. The van der Waals surface area contributed by atoms with E-state index >= 15 is 0 Å². The first-order valence-electron chi connectivity index (χ1n) is 6.76. The number of thiophene rings is 1. The topological polar surface area (TPSA) is 20.3 Å². The summed E-state index contributed by atoms with van der Waals surface area (Å²) in [5, 5.41) is 2.78. The molecule has 1 unspecified atom stereocenters. The van der Waals surface area contributed by atoms with Crippen molar-refractivity contribution in [2.45, 2.75) is 25.8 Å². The number of carbonyl (C=O) groups is 1. The first-order valence-corrected chi connectivity index (χ1v) is 8.01. The molecule has 1 aromatic carbocycles. The van der Waals surface area contributed by atoms with Crippen LogP contribution in [0.5, 0.6) is 0 Å². The van der Waals surface area contributed by atoms with Gasteiger partial charge in [0.1, 0.15) is 0 Å². The molecule has 0 saturated carbocycles. The van der Waals surface area contributed by atoms with E-state index in [1.165, 1.54) is 10.4 Å². The molecule has 0 spiro atoms. The molecule has 2 aromatic rings. The predicted octanol–water partition coefficient (Wildman–Crippen LogP) is 4.09. The van der Waals surface area contributed by atoms with Crippen LogP contribution in [0, 0.1) is 0 Å². The lowest BCUT2D eigenvalue weighted by Crippen LogP contribution is -2.39. The molecule has 1 amide bonds. The van der Waals surface area contributed by atoms with Crippen LogP contribution >= 0.6 is 22.9 Å². The normalized spacial score (nSPS) is 17.9. The maximum Gasteiger partial charge on any atom is 0.227 e. The highest BCUT2D eigenvalue weighted by atomic mass is 35.5. The lowest BCUT2D eigenvalue weighted by atomic mass is 10.0. The number of nitrogens with zero attached hydrogens (tertiary/aromatic N) is 1. The summed E-state index contributed by atoms with van der Waals surface area (Å²) in [6.07, 6.45) is 1.34. The number of amides is 1. The highest BCUT2D eigenvalue weighted by molar-refractivity contribution is 7.10. The second-order valence-electron chi connectivity index (χ2n) is 5.08. The highest BCUT2D eigenvalue weighted by Crippen LogP contribution is 2.33. The van der Waals surface area contributed by atoms with E-state index < -0.39 is 0 Å².